The van der Waals surface area contributed by atoms with Crippen molar-refractivity contribution >= 4 is 12.1 Å². The fourth-order valence-corrected chi connectivity index (χ4v) is 2.88. The van der Waals surface area contributed by atoms with E-state index in [0.29, 0.717) is 26.2 Å². The van der Waals surface area contributed by atoms with Crippen LogP contribution in [0.1, 0.15) is 27.7 Å². The topological polar surface area (TPSA) is 67.9 Å². The first kappa shape index (κ1) is 15.1. The Morgan fingerprint density at radius 3 is 2.55 bits per heavy atom. The third kappa shape index (κ3) is 2.90. The number of rotatable bonds is 2. The van der Waals surface area contributed by atoms with Gasteiger partial charge in [0.2, 0.25) is 0 Å². The third-order valence-electron chi connectivity index (χ3n) is 3.80. The minimum Gasteiger partial charge on any atom is -0.466 e. The van der Waals surface area contributed by atoms with Crippen LogP contribution < -0.4 is 5.32 Å². The summed E-state index contributed by atoms with van der Waals surface area (Å²) in [6, 6.07) is 0. The molecule has 1 spiro atoms. The van der Waals surface area contributed by atoms with E-state index in [4.69, 9.17) is 9.47 Å². The molecule has 0 saturated carbocycles. The van der Waals surface area contributed by atoms with E-state index in [-0.39, 0.29) is 23.4 Å². The number of carbonyl (C=O) groups excluding carboxylic acids is 2. The molecule has 0 aromatic rings. The van der Waals surface area contributed by atoms with Gasteiger partial charge >= 0.3 is 12.1 Å². The molecule has 0 aromatic carbocycles. The first-order chi connectivity index (χ1) is 9.27. The number of likely N-dealkylation sites (tertiary alicyclic amines) is 1. The predicted molar refractivity (Wildman–Crippen MR) is 73.2 cm³/mol. The maximum absolute atomic E-state index is 12.0. The van der Waals surface area contributed by atoms with Crippen LogP contribution in [0.15, 0.2) is 0 Å². The quantitative estimate of drug-likeness (QED) is 0.766. The van der Waals surface area contributed by atoms with Crippen LogP contribution in [-0.4, -0.2) is 55.3 Å². The lowest BCUT2D eigenvalue weighted by atomic mass is 9.72. The lowest BCUT2D eigenvalue weighted by molar-refractivity contribution is -0.155. The highest BCUT2D eigenvalue weighted by atomic mass is 16.6. The van der Waals surface area contributed by atoms with E-state index in [2.05, 4.69) is 5.32 Å². The number of nitrogens with zero attached hydrogens (tertiary/aromatic N) is 1. The molecule has 2 heterocycles. The summed E-state index contributed by atoms with van der Waals surface area (Å²) in [5.74, 6) is -0.331. The lowest BCUT2D eigenvalue weighted by Crippen LogP contribution is -2.63. The summed E-state index contributed by atoms with van der Waals surface area (Å²) in [4.78, 5) is 25.6. The zero-order valence-corrected chi connectivity index (χ0v) is 12.7. The summed E-state index contributed by atoms with van der Waals surface area (Å²) < 4.78 is 10.5. The van der Waals surface area contributed by atoms with Crippen LogP contribution in [0.25, 0.3) is 0 Å². The van der Waals surface area contributed by atoms with Gasteiger partial charge in [-0.15, -0.1) is 0 Å². The first-order valence-electron chi connectivity index (χ1n) is 7.13. The molecule has 1 N–H and O–H groups in total. The smallest absolute Gasteiger partial charge is 0.410 e. The molecule has 2 aliphatic rings. The molecule has 20 heavy (non-hydrogen) atoms. The number of hydrogen-bond donors (Lipinski definition) is 1. The zero-order valence-electron chi connectivity index (χ0n) is 12.7. The lowest BCUT2D eigenvalue weighted by Gasteiger charge is -2.49. The molecular formula is C14H24N2O4. The molecule has 114 valence electrons. The number of carbonyl (C=O) groups is 2. The van der Waals surface area contributed by atoms with Gasteiger partial charge in [0.25, 0.3) is 0 Å². The Hall–Kier alpha value is -1.30. The highest BCUT2D eigenvalue weighted by molar-refractivity contribution is 5.76. The largest absolute Gasteiger partial charge is 0.466 e. The summed E-state index contributed by atoms with van der Waals surface area (Å²) in [7, 11) is 0. The fourth-order valence-electron chi connectivity index (χ4n) is 2.88. The van der Waals surface area contributed by atoms with E-state index in [1.807, 2.05) is 20.8 Å². The van der Waals surface area contributed by atoms with Gasteiger partial charge in [-0.05, 0) is 27.7 Å². The number of nitrogens with one attached hydrogen (secondary N) is 1. The van der Waals surface area contributed by atoms with Crippen LogP contribution in [-0.2, 0) is 14.3 Å². The summed E-state index contributed by atoms with van der Waals surface area (Å²) >= 11 is 0. The average molecular weight is 284 g/mol. The standard InChI is InChI=1S/C14H24N2O4/c1-5-19-11(17)10-6-15-7-14(10)8-16(9-14)12(18)20-13(2,3)4/h10,15H,5-9H2,1-4H3. The maximum atomic E-state index is 12.0. The molecule has 6 heteroatoms. The molecule has 0 bridgehead atoms. The first-order valence-corrected chi connectivity index (χ1v) is 7.13. The van der Waals surface area contributed by atoms with E-state index in [1.165, 1.54) is 0 Å². The summed E-state index contributed by atoms with van der Waals surface area (Å²) in [5.41, 5.74) is -0.669. The van der Waals surface area contributed by atoms with Gasteiger partial charge < -0.3 is 19.7 Å². The molecule has 2 fully saturated rings. The van der Waals surface area contributed by atoms with Crippen molar-refractivity contribution < 1.29 is 19.1 Å². The maximum Gasteiger partial charge on any atom is 0.410 e. The zero-order chi connectivity index (χ0) is 15.0. The van der Waals surface area contributed by atoms with E-state index >= 15 is 0 Å². The third-order valence-corrected chi connectivity index (χ3v) is 3.80. The summed E-state index contributed by atoms with van der Waals surface area (Å²) in [5, 5.41) is 3.23. The van der Waals surface area contributed by atoms with Crippen molar-refractivity contribution in [1.82, 2.24) is 10.2 Å². The number of amides is 1. The second kappa shape index (κ2) is 5.24. The molecule has 6 nitrogen and oxygen atoms in total. The Morgan fingerprint density at radius 2 is 2.00 bits per heavy atom. The predicted octanol–water partition coefficient (Wildman–Crippen LogP) is 1.01. The van der Waals surface area contributed by atoms with E-state index < -0.39 is 5.60 Å². The molecule has 2 aliphatic heterocycles. The highest BCUT2D eigenvalue weighted by Crippen LogP contribution is 2.41. The van der Waals surface area contributed by atoms with E-state index in [0.717, 1.165) is 6.54 Å². The number of hydrogen-bond acceptors (Lipinski definition) is 5. The van der Waals surface area contributed by atoms with Crippen LogP contribution in [0.3, 0.4) is 0 Å². The van der Waals surface area contributed by atoms with Gasteiger partial charge in [-0.25, -0.2) is 4.79 Å². The monoisotopic (exact) mass is 284 g/mol. The Balaban J connectivity index is 1.93. The molecule has 0 radical (unpaired) electrons. The van der Waals surface area contributed by atoms with Crippen molar-refractivity contribution in [2.75, 3.05) is 32.8 Å². The van der Waals surface area contributed by atoms with Gasteiger partial charge in [0.1, 0.15) is 5.60 Å². The van der Waals surface area contributed by atoms with Crippen LogP contribution >= 0.6 is 0 Å². The van der Waals surface area contributed by atoms with Crippen molar-refractivity contribution in [2.45, 2.75) is 33.3 Å². The van der Waals surface area contributed by atoms with Crippen molar-refractivity contribution in [3.05, 3.63) is 0 Å². The van der Waals surface area contributed by atoms with Gasteiger partial charge in [0.15, 0.2) is 0 Å². The molecule has 2 saturated heterocycles. The van der Waals surface area contributed by atoms with Crippen LogP contribution in [0, 0.1) is 11.3 Å². The average Bonchev–Trinajstić information content (AvgIpc) is 2.68. The molecule has 0 aromatic heterocycles. The van der Waals surface area contributed by atoms with Gasteiger partial charge in [-0.3, -0.25) is 4.79 Å². The SMILES string of the molecule is CCOC(=O)C1CNCC12CN(C(=O)OC(C)(C)C)C2. The van der Waals surface area contributed by atoms with Gasteiger partial charge in [0, 0.05) is 31.6 Å². The van der Waals surface area contributed by atoms with Gasteiger partial charge in [-0.2, -0.15) is 0 Å². The second-order valence-electron chi connectivity index (χ2n) is 6.63. The number of esters is 1. The normalized spacial score (nSPS) is 24.4. The summed E-state index contributed by atoms with van der Waals surface area (Å²) in [6.45, 7) is 10.2. The van der Waals surface area contributed by atoms with Crippen molar-refractivity contribution in [1.29, 1.82) is 0 Å². The highest BCUT2D eigenvalue weighted by Gasteiger charge is 2.56. The Kier molecular flexibility index (Phi) is 3.95. The van der Waals surface area contributed by atoms with Crippen molar-refractivity contribution in [3.63, 3.8) is 0 Å². The van der Waals surface area contributed by atoms with Crippen molar-refractivity contribution in [2.24, 2.45) is 11.3 Å². The second-order valence-corrected chi connectivity index (χ2v) is 6.63. The Morgan fingerprint density at radius 1 is 1.35 bits per heavy atom. The van der Waals surface area contributed by atoms with Gasteiger partial charge in [0.05, 0.1) is 12.5 Å². The van der Waals surface area contributed by atoms with E-state index in [1.54, 1.807) is 11.8 Å². The molecule has 2 rings (SSSR count). The van der Waals surface area contributed by atoms with E-state index in [9.17, 15) is 9.59 Å². The minimum atomic E-state index is -0.492. The minimum absolute atomic E-state index is 0.165. The number of ether oxygens (including phenoxy) is 2. The van der Waals surface area contributed by atoms with Gasteiger partial charge in [-0.1, -0.05) is 0 Å². The van der Waals surface area contributed by atoms with Crippen LogP contribution in [0.2, 0.25) is 0 Å². The van der Waals surface area contributed by atoms with Crippen LogP contribution in [0.5, 0.6) is 0 Å². The molecule has 1 unspecified atom stereocenters. The molecule has 1 atom stereocenters. The van der Waals surface area contributed by atoms with Crippen LogP contribution in [0.4, 0.5) is 4.79 Å². The van der Waals surface area contributed by atoms with Crippen molar-refractivity contribution in [3.8, 4) is 0 Å². The Labute approximate surface area is 119 Å². The summed E-state index contributed by atoms with van der Waals surface area (Å²) in [6.07, 6.45) is -0.308. The molecule has 1 amide bonds. The Bertz CT molecular complexity index is 396. The molecular weight excluding hydrogens is 260 g/mol. The molecule has 0 aliphatic carbocycles. The fraction of sp³-hybridized carbons (Fsp3) is 0.857.